The summed E-state index contributed by atoms with van der Waals surface area (Å²) >= 11 is 0. The molecule has 1 fully saturated rings. The van der Waals surface area contributed by atoms with Crippen molar-refractivity contribution in [2.75, 3.05) is 33.9 Å². The quantitative estimate of drug-likeness (QED) is 0.707. The Kier molecular flexibility index (Phi) is 5.52. The van der Waals surface area contributed by atoms with Crippen LogP contribution in [-0.4, -0.2) is 53.3 Å². The molecule has 7 heteroatoms. The van der Waals surface area contributed by atoms with E-state index in [9.17, 15) is 4.79 Å². The Balaban J connectivity index is 1.58. The van der Waals surface area contributed by atoms with E-state index in [0.29, 0.717) is 29.1 Å². The summed E-state index contributed by atoms with van der Waals surface area (Å²) in [6.45, 7) is 4.07. The van der Waals surface area contributed by atoms with Crippen molar-refractivity contribution in [3.63, 3.8) is 0 Å². The van der Waals surface area contributed by atoms with Crippen LogP contribution in [0, 0.1) is 0 Å². The van der Waals surface area contributed by atoms with Gasteiger partial charge in [0, 0.05) is 18.0 Å². The molecule has 0 atom stereocenters. The van der Waals surface area contributed by atoms with E-state index in [4.69, 9.17) is 9.47 Å². The van der Waals surface area contributed by atoms with Crippen LogP contribution in [0.4, 0.5) is 0 Å². The molecule has 0 amide bonds. The number of nitrogens with zero attached hydrogens (tertiary/aromatic N) is 3. The third-order valence-electron chi connectivity index (χ3n) is 5.65. The summed E-state index contributed by atoms with van der Waals surface area (Å²) in [5.41, 5.74) is 1.99. The second-order valence-electron chi connectivity index (χ2n) is 7.45. The molecule has 28 heavy (non-hydrogen) atoms. The van der Waals surface area contributed by atoms with Gasteiger partial charge in [0.25, 0.3) is 5.56 Å². The van der Waals surface area contributed by atoms with E-state index in [1.54, 1.807) is 25.1 Å². The van der Waals surface area contributed by atoms with Crippen LogP contribution in [0.15, 0.2) is 23.3 Å². The minimum absolute atomic E-state index is 0.0324. The number of rotatable bonds is 6. The van der Waals surface area contributed by atoms with E-state index in [-0.39, 0.29) is 5.56 Å². The Hall–Kier alpha value is -2.54. The number of aromatic nitrogens is 3. The van der Waals surface area contributed by atoms with Crippen LogP contribution >= 0.6 is 0 Å². The Morgan fingerprint density at radius 1 is 1.04 bits per heavy atom. The number of ether oxygens (including phenoxy) is 2. The average molecular weight is 384 g/mol. The van der Waals surface area contributed by atoms with Gasteiger partial charge in [-0.3, -0.25) is 9.36 Å². The normalized spacial score (nSPS) is 15.8. The molecule has 1 aliphatic rings. The Morgan fingerprint density at radius 3 is 2.46 bits per heavy atom. The van der Waals surface area contributed by atoms with Gasteiger partial charge in [0.1, 0.15) is 11.0 Å². The van der Waals surface area contributed by atoms with Crippen molar-refractivity contribution in [2.45, 2.75) is 38.6 Å². The zero-order valence-electron chi connectivity index (χ0n) is 16.7. The Bertz CT molecular complexity index is 1020. The second-order valence-corrected chi connectivity index (χ2v) is 7.45. The van der Waals surface area contributed by atoms with Crippen molar-refractivity contribution in [1.29, 1.82) is 0 Å². The standard InChI is InChI=1S/C21H28N4O3/c1-27-17-12-15-16(13-18(17)28-2)23-20-19(15)22-14-25(21(20)26)11-7-10-24-8-5-3-4-6-9-24/h12-14,23H,3-11H2,1-2H3. The SMILES string of the molecule is COc1cc2[nH]c3c(=O)n(CCCN4CCCCCC4)cnc3c2cc1OC. The van der Waals surface area contributed by atoms with Gasteiger partial charge in [-0.15, -0.1) is 0 Å². The number of aromatic amines is 1. The molecule has 0 radical (unpaired) electrons. The van der Waals surface area contributed by atoms with Crippen molar-refractivity contribution in [3.8, 4) is 11.5 Å². The van der Waals surface area contributed by atoms with Gasteiger partial charge in [0.05, 0.1) is 26.1 Å². The number of hydrogen-bond donors (Lipinski definition) is 1. The molecular formula is C21H28N4O3. The van der Waals surface area contributed by atoms with Crippen LogP contribution in [0.25, 0.3) is 21.9 Å². The minimum Gasteiger partial charge on any atom is -0.493 e. The predicted octanol–water partition coefficient (Wildman–Crippen LogP) is 3.16. The van der Waals surface area contributed by atoms with Gasteiger partial charge in [-0.25, -0.2) is 4.98 Å². The summed E-state index contributed by atoms with van der Waals surface area (Å²) < 4.78 is 12.5. The molecule has 4 rings (SSSR count). The second kappa shape index (κ2) is 8.22. The molecule has 7 nitrogen and oxygen atoms in total. The van der Waals surface area contributed by atoms with Gasteiger partial charge >= 0.3 is 0 Å². The number of benzene rings is 1. The number of fused-ring (bicyclic) bond motifs is 3. The molecule has 1 aromatic carbocycles. The van der Waals surface area contributed by atoms with Gasteiger partial charge < -0.3 is 19.4 Å². The zero-order chi connectivity index (χ0) is 19.5. The maximum Gasteiger partial charge on any atom is 0.277 e. The largest absolute Gasteiger partial charge is 0.493 e. The highest BCUT2D eigenvalue weighted by Crippen LogP contribution is 2.34. The Morgan fingerprint density at radius 2 is 1.75 bits per heavy atom. The molecule has 0 aliphatic carbocycles. The van der Waals surface area contributed by atoms with Gasteiger partial charge in [0.2, 0.25) is 0 Å². The van der Waals surface area contributed by atoms with E-state index in [1.807, 2.05) is 12.1 Å². The highest BCUT2D eigenvalue weighted by Gasteiger charge is 2.15. The van der Waals surface area contributed by atoms with Crippen LogP contribution in [0.1, 0.15) is 32.1 Å². The summed E-state index contributed by atoms with van der Waals surface area (Å²) in [6, 6.07) is 3.71. The molecule has 2 aromatic heterocycles. The lowest BCUT2D eigenvalue weighted by Gasteiger charge is -2.19. The first-order valence-corrected chi connectivity index (χ1v) is 10.1. The first kappa shape index (κ1) is 18.8. The molecule has 1 aliphatic heterocycles. The smallest absolute Gasteiger partial charge is 0.277 e. The van der Waals surface area contributed by atoms with Gasteiger partial charge in [0.15, 0.2) is 11.5 Å². The summed E-state index contributed by atoms with van der Waals surface area (Å²) in [5.74, 6) is 1.25. The first-order valence-electron chi connectivity index (χ1n) is 10.1. The van der Waals surface area contributed by atoms with E-state index in [2.05, 4.69) is 14.9 Å². The third-order valence-corrected chi connectivity index (χ3v) is 5.65. The minimum atomic E-state index is -0.0324. The maximum absolute atomic E-state index is 13.0. The van der Waals surface area contributed by atoms with E-state index in [1.165, 1.54) is 38.8 Å². The molecule has 0 bridgehead atoms. The number of hydrogen-bond acceptors (Lipinski definition) is 5. The van der Waals surface area contributed by atoms with E-state index in [0.717, 1.165) is 23.9 Å². The van der Waals surface area contributed by atoms with Crippen molar-refractivity contribution in [3.05, 3.63) is 28.8 Å². The molecule has 0 spiro atoms. The van der Waals surface area contributed by atoms with Crippen LogP contribution in [0.2, 0.25) is 0 Å². The molecule has 1 N–H and O–H groups in total. The van der Waals surface area contributed by atoms with Crippen LogP contribution in [-0.2, 0) is 6.54 Å². The lowest BCUT2D eigenvalue weighted by molar-refractivity contribution is 0.275. The fourth-order valence-electron chi connectivity index (χ4n) is 4.10. The van der Waals surface area contributed by atoms with Crippen LogP contribution in [0.5, 0.6) is 11.5 Å². The molecule has 1 saturated heterocycles. The molecule has 3 heterocycles. The fourth-order valence-corrected chi connectivity index (χ4v) is 4.10. The molecular weight excluding hydrogens is 356 g/mol. The Labute approximate surface area is 164 Å². The lowest BCUT2D eigenvalue weighted by atomic mass is 10.2. The number of likely N-dealkylation sites (tertiary alicyclic amines) is 1. The molecule has 3 aromatic rings. The zero-order valence-corrected chi connectivity index (χ0v) is 16.7. The van der Waals surface area contributed by atoms with Crippen molar-refractivity contribution < 1.29 is 9.47 Å². The molecule has 150 valence electrons. The predicted molar refractivity (Wildman–Crippen MR) is 110 cm³/mol. The monoisotopic (exact) mass is 384 g/mol. The highest BCUT2D eigenvalue weighted by molar-refractivity contribution is 6.05. The number of methoxy groups -OCH3 is 2. The van der Waals surface area contributed by atoms with Crippen molar-refractivity contribution in [2.24, 2.45) is 0 Å². The lowest BCUT2D eigenvalue weighted by Crippen LogP contribution is -2.28. The average Bonchev–Trinajstić information content (AvgIpc) is 2.88. The number of aryl methyl sites for hydroxylation is 1. The summed E-state index contributed by atoms with van der Waals surface area (Å²) in [6.07, 6.45) is 7.87. The highest BCUT2D eigenvalue weighted by atomic mass is 16.5. The summed E-state index contributed by atoms with van der Waals surface area (Å²) in [5, 5.41) is 0.862. The van der Waals surface area contributed by atoms with Gasteiger partial charge in [-0.1, -0.05) is 12.8 Å². The topological polar surface area (TPSA) is 72.4 Å². The van der Waals surface area contributed by atoms with E-state index < -0.39 is 0 Å². The van der Waals surface area contributed by atoms with E-state index >= 15 is 0 Å². The van der Waals surface area contributed by atoms with Crippen molar-refractivity contribution >= 4 is 21.9 Å². The van der Waals surface area contributed by atoms with Gasteiger partial charge in [-0.05, 0) is 45.0 Å². The number of H-pyrrole nitrogens is 1. The van der Waals surface area contributed by atoms with Crippen LogP contribution < -0.4 is 15.0 Å². The maximum atomic E-state index is 13.0. The summed E-state index contributed by atoms with van der Waals surface area (Å²) in [7, 11) is 3.20. The van der Waals surface area contributed by atoms with Gasteiger partial charge in [-0.2, -0.15) is 0 Å². The summed E-state index contributed by atoms with van der Waals surface area (Å²) in [4.78, 5) is 23.3. The third kappa shape index (κ3) is 3.58. The molecule has 0 saturated carbocycles. The van der Waals surface area contributed by atoms with Crippen molar-refractivity contribution in [1.82, 2.24) is 19.4 Å². The molecule has 0 unspecified atom stereocenters. The van der Waals surface area contributed by atoms with Crippen LogP contribution in [0.3, 0.4) is 0 Å². The number of nitrogens with one attached hydrogen (secondary N) is 1. The first-order chi connectivity index (χ1) is 13.7. The fraction of sp³-hybridized carbons (Fsp3) is 0.524.